The first-order valence-electron chi connectivity index (χ1n) is 4.64. The molecule has 0 aliphatic rings. The van der Waals surface area contributed by atoms with Crippen LogP contribution in [0.1, 0.15) is 0 Å². The molecule has 16 heavy (non-hydrogen) atoms. The minimum absolute atomic E-state index is 0.258. The van der Waals surface area contributed by atoms with Crippen LogP contribution in [-0.2, 0) is 7.05 Å². The van der Waals surface area contributed by atoms with Gasteiger partial charge in [0.1, 0.15) is 0 Å². The third kappa shape index (κ3) is 2.04. The molecule has 0 amide bonds. The van der Waals surface area contributed by atoms with Gasteiger partial charge in [-0.25, -0.2) is 4.39 Å². The number of halogens is 2. The number of aromatic nitrogens is 2. The van der Waals surface area contributed by atoms with Gasteiger partial charge in [-0.2, -0.15) is 5.10 Å². The average Bonchev–Trinajstić information content (AvgIpc) is 2.63. The van der Waals surface area contributed by atoms with Gasteiger partial charge < -0.3 is 4.74 Å². The van der Waals surface area contributed by atoms with Crippen molar-refractivity contribution < 1.29 is 9.13 Å². The maximum absolute atomic E-state index is 13.6. The summed E-state index contributed by atoms with van der Waals surface area (Å²) in [5.74, 6) is -0.0957. The van der Waals surface area contributed by atoms with E-state index in [1.54, 1.807) is 10.9 Å². The van der Waals surface area contributed by atoms with E-state index in [1.807, 2.05) is 19.3 Å². The molecule has 0 saturated heterocycles. The molecule has 2 aromatic rings. The van der Waals surface area contributed by atoms with Crippen LogP contribution in [0.5, 0.6) is 5.75 Å². The molecule has 0 aliphatic heterocycles. The van der Waals surface area contributed by atoms with Gasteiger partial charge in [-0.15, -0.1) is 0 Å². The lowest BCUT2D eigenvalue weighted by Crippen LogP contribution is -1.93. The molecule has 0 spiro atoms. The van der Waals surface area contributed by atoms with Crippen LogP contribution in [0.3, 0.4) is 0 Å². The van der Waals surface area contributed by atoms with Crippen molar-refractivity contribution in [2.24, 2.45) is 7.05 Å². The van der Waals surface area contributed by atoms with Gasteiger partial charge in [-0.05, 0) is 34.7 Å². The second-order valence-electron chi connectivity index (χ2n) is 3.37. The Morgan fingerprint density at radius 1 is 1.44 bits per heavy atom. The van der Waals surface area contributed by atoms with Crippen LogP contribution in [0, 0.1) is 9.39 Å². The number of aryl methyl sites for hydroxylation is 1. The summed E-state index contributed by atoms with van der Waals surface area (Å²) < 4.78 is 21.2. The molecular formula is C11H10FIN2O. The topological polar surface area (TPSA) is 27.1 Å². The molecular weight excluding hydrogens is 322 g/mol. The molecule has 0 unspecified atom stereocenters. The van der Waals surface area contributed by atoms with Crippen LogP contribution < -0.4 is 4.74 Å². The molecule has 84 valence electrons. The molecule has 0 bridgehead atoms. The van der Waals surface area contributed by atoms with Crippen molar-refractivity contribution in [3.05, 3.63) is 33.9 Å². The molecule has 0 N–H and O–H groups in total. The summed E-state index contributed by atoms with van der Waals surface area (Å²) in [6.45, 7) is 0. The minimum Gasteiger partial charge on any atom is -0.493 e. The largest absolute Gasteiger partial charge is 0.493 e. The van der Waals surface area contributed by atoms with Gasteiger partial charge in [-0.1, -0.05) is 0 Å². The number of hydrogen-bond donors (Lipinski definition) is 0. The molecule has 0 radical (unpaired) electrons. The highest BCUT2D eigenvalue weighted by Crippen LogP contribution is 2.33. The van der Waals surface area contributed by atoms with Gasteiger partial charge in [0.2, 0.25) is 0 Å². The third-order valence-corrected chi connectivity index (χ3v) is 2.85. The molecule has 0 fully saturated rings. The van der Waals surface area contributed by atoms with Gasteiger partial charge in [-0.3, -0.25) is 4.68 Å². The third-order valence-electron chi connectivity index (χ3n) is 2.23. The number of benzene rings is 1. The normalized spacial score (nSPS) is 10.5. The van der Waals surface area contributed by atoms with Crippen molar-refractivity contribution in [3.63, 3.8) is 0 Å². The Morgan fingerprint density at radius 2 is 2.19 bits per heavy atom. The maximum Gasteiger partial charge on any atom is 0.166 e. The van der Waals surface area contributed by atoms with E-state index in [9.17, 15) is 4.39 Å². The number of hydrogen-bond acceptors (Lipinski definition) is 2. The van der Waals surface area contributed by atoms with E-state index in [0.717, 1.165) is 14.7 Å². The van der Waals surface area contributed by atoms with E-state index in [-0.39, 0.29) is 11.6 Å². The van der Waals surface area contributed by atoms with Gasteiger partial charge in [0.25, 0.3) is 0 Å². The van der Waals surface area contributed by atoms with Crippen LogP contribution in [0.2, 0.25) is 0 Å². The Bertz CT molecular complexity index is 525. The average molecular weight is 332 g/mol. The molecule has 1 heterocycles. The molecule has 3 nitrogen and oxygen atoms in total. The standard InChI is InChI=1S/C11H10FIN2O/c1-15-6-7(5-14-15)9-3-8(13)4-10(12)11(9)16-2/h3-6H,1-2H3. The lowest BCUT2D eigenvalue weighted by Gasteiger charge is -2.08. The van der Waals surface area contributed by atoms with E-state index >= 15 is 0 Å². The highest BCUT2D eigenvalue weighted by atomic mass is 127. The first-order valence-corrected chi connectivity index (χ1v) is 5.71. The van der Waals surface area contributed by atoms with Crippen molar-refractivity contribution in [2.75, 3.05) is 7.11 Å². The fourth-order valence-electron chi connectivity index (χ4n) is 1.54. The Morgan fingerprint density at radius 3 is 2.75 bits per heavy atom. The fourth-order valence-corrected chi connectivity index (χ4v) is 2.13. The Labute approximate surface area is 106 Å². The lowest BCUT2D eigenvalue weighted by molar-refractivity contribution is 0.388. The summed E-state index contributed by atoms with van der Waals surface area (Å²) in [5, 5.41) is 4.06. The SMILES string of the molecule is COc1c(F)cc(I)cc1-c1cnn(C)c1. The zero-order valence-corrected chi connectivity index (χ0v) is 11.0. The number of methoxy groups -OCH3 is 1. The highest BCUT2D eigenvalue weighted by molar-refractivity contribution is 14.1. The summed E-state index contributed by atoms with van der Waals surface area (Å²) >= 11 is 2.07. The molecule has 0 atom stereocenters. The number of nitrogens with zero attached hydrogens (tertiary/aromatic N) is 2. The van der Waals surface area contributed by atoms with Gasteiger partial charge >= 0.3 is 0 Å². The van der Waals surface area contributed by atoms with Gasteiger partial charge in [0.15, 0.2) is 11.6 Å². The van der Waals surface area contributed by atoms with E-state index in [0.29, 0.717) is 0 Å². The summed E-state index contributed by atoms with van der Waals surface area (Å²) in [5.41, 5.74) is 1.57. The van der Waals surface area contributed by atoms with Crippen molar-refractivity contribution in [2.45, 2.75) is 0 Å². The second-order valence-corrected chi connectivity index (χ2v) is 4.62. The highest BCUT2D eigenvalue weighted by Gasteiger charge is 2.13. The van der Waals surface area contributed by atoms with Crippen molar-refractivity contribution in [1.82, 2.24) is 9.78 Å². The predicted molar refractivity (Wildman–Crippen MR) is 67.9 cm³/mol. The van der Waals surface area contributed by atoms with Gasteiger partial charge in [0.05, 0.1) is 13.3 Å². The Hall–Kier alpha value is -1.11. The van der Waals surface area contributed by atoms with E-state index in [2.05, 4.69) is 27.7 Å². The van der Waals surface area contributed by atoms with Crippen molar-refractivity contribution >= 4 is 22.6 Å². The molecule has 0 aliphatic carbocycles. The van der Waals surface area contributed by atoms with E-state index in [4.69, 9.17) is 4.74 Å². The molecule has 5 heteroatoms. The minimum atomic E-state index is -0.353. The van der Waals surface area contributed by atoms with Crippen molar-refractivity contribution in [1.29, 1.82) is 0 Å². The molecule has 1 aromatic heterocycles. The lowest BCUT2D eigenvalue weighted by atomic mass is 10.1. The quantitative estimate of drug-likeness (QED) is 0.791. The zero-order valence-electron chi connectivity index (χ0n) is 8.87. The van der Waals surface area contributed by atoms with Gasteiger partial charge in [0, 0.05) is 27.9 Å². The second kappa shape index (κ2) is 4.40. The summed E-state index contributed by atoms with van der Waals surface area (Å²) in [6, 6.07) is 3.32. The van der Waals surface area contributed by atoms with Crippen LogP contribution in [-0.4, -0.2) is 16.9 Å². The molecule has 0 saturated carbocycles. The van der Waals surface area contributed by atoms with E-state index in [1.165, 1.54) is 13.2 Å². The smallest absolute Gasteiger partial charge is 0.166 e. The summed E-state index contributed by atoms with van der Waals surface area (Å²) in [7, 11) is 3.28. The Kier molecular flexibility index (Phi) is 3.13. The van der Waals surface area contributed by atoms with E-state index < -0.39 is 0 Å². The van der Waals surface area contributed by atoms with Crippen LogP contribution >= 0.6 is 22.6 Å². The zero-order chi connectivity index (χ0) is 11.7. The first kappa shape index (κ1) is 11.4. The molecule has 1 aromatic carbocycles. The van der Waals surface area contributed by atoms with Crippen molar-refractivity contribution in [3.8, 4) is 16.9 Å². The first-order chi connectivity index (χ1) is 7.61. The number of rotatable bonds is 2. The monoisotopic (exact) mass is 332 g/mol. The maximum atomic E-state index is 13.6. The predicted octanol–water partition coefficient (Wildman–Crippen LogP) is 2.84. The number of ether oxygens (including phenoxy) is 1. The van der Waals surface area contributed by atoms with Crippen LogP contribution in [0.25, 0.3) is 11.1 Å². The summed E-state index contributed by atoms with van der Waals surface area (Å²) in [4.78, 5) is 0. The fraction of sp³-hybridized carbons (Fsp3) is 0.182. The Balaban J connectivity index is 2.63. The van der Waals surface area contributed by atoms with Crippen LogP contribution in [0.15, 0.2) is 24.5 Å². The summed E-state index contributed by atoms with van der Waals surface area (Å²) in [6.07, 6.45) is 3.51. The molecule has 2 rings (SSSR count). The van der Waals surface area contributed by atoms with Crippen LogP contribution in [0.4, 0.5) is 4.39 Å².